The number of aromatic nitrogens is 1. The highest BCUT2D eigenvalue weighted by Gasteiger charge is 2.16. The zero-order valence-electron chi connectivity index (χ0n) is 7.00. The first-order valence-electron chi connectivity index (χ1n) is 3.58. The smallest absolute Gasteiger partial charge is 0.268 e. The molecule has 1 aromatic heterocycles. The molecule has 66 valence electrons. The summed E-state index contributed by atoms with van der Waals surface area (Å²) in [5, 5.41) is 0.396. The number of nitrogens with two attached hydrogens (primary N) is 2. The molecule has 0 bridgehead atoms. The number of carbonyl (C=O) groups is 1. The Labute approximate surface area is 74.6 Å². The Kier molecular flexibility index (Phi) is 2.32. The van der Waals surface area contributed by atoms with Crippen molar-refractivity contribution >= 4 is 22.4 Å². The van der Waals surface area contributed by atoms with Gasteiger partial charge in [-0.1, -0.05) is 13.8 Å². The number of rotatable bonds is 2. The highest BCUT2D eigenvalue weighted by atomic mass is 32.1. The lowest BCUT2D eigenvalue weighted by atomic mass is 10.1. The highest BCUT2D eigenvalue weighted by molar-refractivity contribution is 7.15. The molecule has 12 heavy (non-hydrogen) atoms. The zero-order valence-corrected chi connectivity index (χ0v) is 7.81. The molecule has 1 heterocycles. The maximum absolute atomic E-state index is 10.9. The second-order valence-corrected chi connectivity index (χ2v) is 3.85. The lowest BCUT2D eigenvalue weighted by Crippen LogP contribution is -2.14. The number of anilines is 1. The predicted octanol–water partition coefficient (Wildman–Crippen LogP) is 0.948. The van der Waals surface area contributed by atoms with Crippen molar-refractivity contribution in [1.29, 1.82) is 0 Å². The largest absolute Gasteiger partial charge is 0.375 e. The lowest BCUT2D eigenvalue weighted by Gasteiger charge is -2.00. The molecule has 0 saturated carbocycles. The van der Waals surface area contributed by atoms with Crippen LogP contribution in [0.5, 0.6) is 0 Å². The first kappa shape index (κ1) is 8.99. The molecule has 4 nitrogen and oxygen atoms in total. The summed E-state index contributed by atoms with van der Waals surface area (Å²) < 4.78 is 0. The molecule has 5 heteroatoms. The van der Waals surface area contributed by atoms with Crippen LogP contribution in [0.4, 0.5) is 5.13 Å². The van der Waals surface area contributed by atoms with E-state index in [1.165, 1.54) is 11.3 Å². The van der Waals surface area contributed by atoms with E-state index in [0.717, 1.165) is 4.88 Å². The number of carbonyl (C=O) groups excluding carboxylic acids is 1. The van der Waals surface area contributed by atoms with Gasteiger partial charge in [0.1, 0.15) is 5.69 Å². The first-order chi connectivity index (χ1) is 5.52. The van der Waals surface area contributed by atoms with E-state index in [-0.39, 0.29) is 5.92 Å². The summed E-state index contributed by atoms with van der Waals surface area (Å²) in [6.07, 6.45) is 0. The number of hydrogen-bond donors (Lipinski definition) is 2. The average molecular weight is 185 g/mol. The number of primary amides is 1. The molecular weight excluding hydrogens is 174 g/mol. The molecule has 0 spiro atoms. The summed E-state index contributed by atoms with van der Waals surface area (Å²) >= 11 is 1.32. The third-order valence-corrected chi connectivity index (χ3v) is 2.61. The number of hydrogen-bond acceptors (Lipinski definition) is 4. The van der Waals surface area contributed by atoms with Gasteiger partial charge in [-0.05, 0) is 5.92 Å². The molecule has 0 aliphatic heterocycles. The van der Waals surface area contributed by atoms with Gasteiger partial charge < -0.3 is 11.5 Å². The van der Waals surface area contributed by atoms with E-state index in [1.807, 2.05) is 13.8 Å². The second kappa shape index (κ2) is 3.10. The maximum Gasteiger partial charge on any atom is 0.268 e. The number of thiazole rings is 1. The van der Waals surface area contributed by atoms with E-state index < -0.39 is 5.91 Å². The van der Waals surface area contributed by atoms with E-state index in [9.17, 15) is 4.79 Å². The Morgan fingerprint density at radius 3 is 2.50 bits per heavy atom. The Morgan fingerprint density at radius 1 is 1.58 bits per heavy atom. The van der Waals surface area contributed by atoms with Gasteiger partial charge in [-0.3, -0.25) is 4.79 Å². The highest BCUT2D eigenvalue weighted by Crippen LogP contribution is 2.27. The third kappa shape index (κ3) is 1.55. The van der Waals surface area contributed by atoms with E-state index >= 15 is 0 Å². The minimum atomic E-state index is -0.508. The number of nitrogen functional groups attached to an aromatic ring is 1. The van der Waals surface area contributed by atoms with Crippen LogP contribution in [0.15, 0.2) is 0 Å². The lowest BCUT2D eigenvalue weighted by molar-refractivity contribution is 0.0995. The molecule has 0 radical (unpaired) electrons. The summed E-state index contributed by atoms with van der Waals surface area (Å²) in [7, 11) is 0. The van der Waals surface area contributed by atoms with Crippen molar-refractivity contribution in [2.24, 2.45) is 5.73 Å². The molecule has 0 fully saturated rings. The van der Waals surface area contributed by atoms with Crippen molar-refractivity contribution in [3.63, 3.8) is 0 Å². The average Bonchev–Trinajstić information content (AvgIpc) is 2.31. The molecule has 0 aliphatic carbocycles. The summed E-state index contributed by atoms with van der Waals surface area (Å²) in [5.41, 5.74) is 10.9. The van der Waals surface area contributed by atoms with Gasteiger partial charge in [0, 0.05) is 4.88 Å². The van der Waals surface area contributed by atoms with Gasteiger partial charge in [-0.15, -0.1) is 11.3 Å². The van der Waals surface area contributed by atoms with Crippen molar-refractivity contribution in [3.05, 3.63) is 10.6 Å². The van der Waals surface area contributed by atoms with Crippen LogP contribution in [-0.2, 0) is 0 Å². The molecule has 1 aromatic rings. The van der Waals surface area contributed by atoms with Crippen molar-refractivity contribution < 1.29 is 4.79 Å². The van der Waals surface area contributed by atoms with Crippen molar-refractivity contribution in [1.82, 2.24) is 4.98 Å². The molecule has 4 N–H and O–H groups in total. The predicted molar refractivity (Wildman–Crippen MR) is 49.1 cm³/mol. The fraction of sp³-hybridized carbons (Fsp3) is 0.429. The normalized spacial score (nSPS) is 10.6. The summed E-state index contributed by atoms with van der Waals surface area (Å²) in [6.45, 7) is 3.94. The molecule has 0 atom stereocenters. The summed E-state index contributed by atoms with van der Waals surface area (Å²) in [5.74, 6) is -0.269. The van der Waals surface area contributed by atoms with Crippen LogP contribution in [-0.4, -0.2) is 10.9 Å². The molecule has 0 saturated heterocycles. The SMILES string of the molecule is CC(C)c1sc(N)nc1C(N)=O. The van der Waals surface area contributed by atoms with Crippen LogP contribution in [0, 0.1) is 0 Å². The maximum atomic E-state index is 10.9. The zero-order chi connectivity index (χ0) is 9.30. The molecule has 0 aromatic carbocycles. The van der Waals surface area contributed by atoms with Crippen LogP contribution < -0.4 is 11.5 Å². The fourth-order valence-corrected chi connectivity index (χ4v) is 1.76. The van der Waals surface area contributed by atoms with E-state index in [4.69, 9.17) is 11.5 Å². The standard InChI is InChI=1S/C7H11N3OS/c1-3(2)5-4(6(8)11)10-7(9)12-5/h3H,1-2H3,(H2,8,11)(H2,9,10). The van der Waals surface area contributed by atoms with Crippen LogP contribution in [0.1, 0.15) is 35.1 Å². The molecule has 1 amide bonds. The number of amides is 1. The second-order valence-electron chi connectivity index (χ2n) is 2.78. The number of nitrogens with zero attached hydrogens (tertiary/aromatic N) is 1. The Bertz CT molecular complexity index is 306. The van der Waals surface area contributed by atoms with Crippen molar-refractivity contribution in [2.45, 2.75) is 19.8 Å². The van der Waals surface area contributed by atoms with Crippen LogP contribution >= 0.6 is 11.3 Å². The third-order valence-electron chi connectivity index (χ3n) is 1.43. The van der Waals surface area contributed by atoms with Gasteiger partial charge >= 0.3 is 0 Å². The molecule has 0 aliphatic rings. The Balaban J connectivity index is 3.17. The summed E-state index contributed by atoms with van der Waals surface area (Å²) in [4.78, 5) is 15.6. The summed E-state index contributed by atoms with van der Waals surface area (Å²) in [6, 6.07) is 0. The van der Waals surface area contributed by atoms with Crippen molar-refractivity contribution in [2.75, 3.05) is 5.73 Å². The van der Waals surface area contributed by atoms with E-state index in [0.29, 0.717) is 10.8 Å². The van der Waals surface area contributed by atoms with Gasteiger partial charge in [-0.2, -0.15) is 0 Å². The molecular formula is C7H11N3OS. The van der Waals surface area contributed by atoms with E-state index in [1.54, 1.807) is 0 Å². The van der Waals surface area contributed by atoms with Crippen LogP contribution in [0.3, 0.4) is 0 Å². The Morgan fingerprint density at radius 2 is 2.17 bits per heavy atom. The van der Waals surface area contributed by atoms with E-state index in [2.05, 4.69) is 4.98 Å². The minimum absolute atomic E-state index is 0.238. The van der Waals surface area contributed by atoms with Crippen LogP contribution in [0.25, 0.3) is 0 Å². The van der Waals surface area contributed by atoms with Gasteiger partial charge in [0.15, 0.2) is 5.13 Å². The fourth-order valence-electron chi connectivity index (χ4n) is 0.917. The first-order valence-corrected chi connectivity index (χ1v) is 4.40. The Hall–Kier alpha value is -1.10. The molecule has 0 unspecified atom stereocenters. The monoisotopic (exact) mass is 185 g/mol. The van der Waals surface area contributed by atoms with Crippen LogP contribution in [0.2, 0.25) is 0 Å². The van der Waals surface area contributed by atoms with Crippen molar-refractivity contribution in [3.8, 4) is 0 Å². The minimum Gasteiger partial charge on any atom is -0.375 e. The topological polar surface area (TPSA) is 82.0 Å². The molecule has 1 rings (SSSR count). The van der Waals surface area contributed by atoms with Gasteiger partial charge in [0.2, 0.25) is 0 Å². The van der Waals surface area contributed by atoms with Gasteiger partial charge in [-0.25, -0.2) is 4.98 Å². The van der Waals surface area contributed by atoms with Gasteiger partial charge in [0.05, 0.1) is 0 Å². The quantitative estimate of drug-likeness (QED) is 0.719. The van der Waals surface area contributed by atoms with Gasteiger partial charge in [0.25, 0.3) is 5.91 Å².